The van der Waals surface area contributed by atoms with Crippen LogP contribution < -0.4 is 10.1 Å². The Bertz CT molecular complexity index is 1790. The van der Waals surface area contributed by atoms with Crippen molar-refractivity contribution in [1.29, 1.82) is 0 Å². The summed E-state index contributed by atoms with van der Waals surface area (Å²) in [5, 5.41) is 12.0. The first-order valence-corrected chi connectivity index (χ1v) is 14.0. The van der Waals surface area contributed by atoms with Crippen LogP contribution in [-0.2, 0) is 4.79 Å². The molecule has 4 aromatic heterocycles. The summed E-state index contributed by atoms with van der Waals surface area (Å²) in [5.41, 5.74) is 4.52. The standard InChI is InChI=1S/C30H30FN9O2/c1-20-13-23(4-5-26(20)42-24-7-11-39-27(14-24)32-18-34-39)36-30-29-25(8-12-40(29)35-19-33-30)21-15-38(16-21)28(41)3-2-9-37-10-6-22(31)17-37/h2-5,7-8,11-14,18-19,21-22H,6,9-10,15-17H2,1H3,(H,33,35,36)/b3-2+. The Morgan fingerprint density at radius 1 is 1.07 bits per heavy atom. The molecule has 7 rings (SSSR count). The number of aromatic nitrogens is 6. The lowest BCUT2D eigenvalue weighted by molar-refractivity contribution is -0.130. The molecule has 1 N–H and O–H groups in total. The van der Waals surface area contributed by atoms with Gasteiger partial charge >= 0.3 is 0 Å². The van der Waals surface area contributed by atoms with Crippen molar-refractivity contribution in [3.05, 3.63) is 84.7 Å². The number of aryl methyl sites for hydroxylation is 1. The van der Waals surface area contributed by atoms with Crippen LogP contribution in [0.5, 0.6) is 11.5 Å². The minimum Gasteiger partial charge on any atom is -0.457 e. The highest BCUT2D eigenvalue weighted by Crippen LogP contribution is 2.35. The number of amides is 1. The van der Waals surface area contributed by atoms with E-state index in [1.54, 1.807) is 10.6 Å². The van der Waals surface area contributed by atoms with E-state index in [1.807, 2.05) is 76.1 Å². The summed E-state index contributed by atoms with van der Waals surface area (Å²) in [7, 11) is 0. The van der Waals surface area contributed by atoms with Gasteiger partial charge in [0.15, 0.2) is 11.5 Å². The van der Waals surface area contributed by atoms with Crippen LogP contribution in [0.1, 0.15) is 23.5 Å². The highest BCUT2D eigenvalue weighted by Gasteiger charge is 2.33. The number of carbonyl (C=O) groups excluding carboxylic acids is 1. The molecule has 0 radical (unpaired) electrons. The number of hydrogen-bond acceptors (Lipinski definition) is 8. The first-order chi connectivity index (χ1) is 20.5. The highest BCUT2D eigenvalue weighted by molar-refractivity contribution is 5.88. The van der Waals surface area contributed by atoms with E-state index in [0.29, 0.717) is 49.8 Å². The lowest BCUT2D eigenvalue weighted by Crippen LogP contribution is -2.47. The van der Waals surface area contributed by atoms with Gasteiger partial charge in [-0.2, -0.15) is 10.2 Å². The third kappa shape index (κ3) is 5.16. The Hall–Kier alpha value is -4.84. The van der Waals surface area contributed by atoms with Crippen LogP contribution in [0.4, 0.5) is 15.9 Å². The van der Waals surface area contributed by atoms with Crippen LogP contribution in [0, 0.1) is 6.92 Å². The molecular weight excluding hydrogens is 537 g/mol. The number of pyridine rings is 1. The normalized spacial score (nSPS) is 17.9. The van der Waals surface area contributed by atoms with E-state index < -0.39 is 6.17 Å². The number of anilines is 2. The second kappa shape index (κ2) is 10.9. The van der Waals surface area contributed by atoms with Crippen molar-refractivity contribution < 1.29 is 13.9 Å². The van der Waals surface area contributed by atoms with Crippen molar-refractivity contribution >= 4 is 28.6 Å². The van der Waals surface area contributed by atoms with E-state index >= 15 is 0 Å². The van der Waals surface area contributed by atoms with Crippen molar-refractivity contribution in [2.24, 2.45) is 0 Å². The van der Waals surface area contributed by atoms with Crippen LogP contribution in [0.2, 0.25) is 0 Å². The number of fused-ring (bicyclic) bond motifs is 2. The number of ether oxygens (including phenoxy) is 1. The zero-order valence-electron chi connectivity index (χ0n) is 23.1. The van der Waals surface area contributed by atoms with Crippen molar-refractivity contribution in [1.82, 2.24) is 39.0 Å². The fourth-order valence-electron chi connectivity index (χ4n) is 5.58. The molecule has 5 aromatic rings. The molecule has 6 heterocycles. The van der Waals surface area contributed by atoms with Gasteiger partial charge in [-0.25, -0.2) is 23.4 Å². The van der Waals surface area contributed by atoms with Crippen LogP contribution >= 0.6 is 0 Å². The minimum atomic E-state index is -0.754. The number of likely N-dealkylation sites (tertiary alicyclic amines) is 2. The van der Waals surface area contributed by atoms with E-state index in [2.05, 4.69) is 25.5 Å². The Labute approximate surface area is 241 Å². The summed E-state index contributed by atoms with van der Waals surface area (Å²) in [6.07, 6.45) is 10.0. The number of halogens is 1. The molecule has 0 aliphatic carbocycles. The maximum absolute atomic E-state index is 13.4. The van der Waals surface area contributed by atoms with Gasteiger partial charge in [0.1, 0.15) is 35.8 Å². The van der Waals surface area contributed by atoms with E-state index in [-0.39, 0.29) is 11.8 Å². The molecule has 11 nitrogen and oxygen atoms in total. The number of carbonyl (C=O) groups is 1. The summed E-state index contributed by atoms with van der Waals surface area (Å²) in [5.74, 6) is 2.28. The summed E-state index contributed by atoms with van der Waals surface area (Å²) >= 11 is 0. The van der Waals surface area contributed by atoms with E-state index in [4.69, 9.17) is 4.74 Å². The van der Waals surface area contributed by atoms with Crippen LogP contribution in [0.15, 0.2) is 73.6 Å². The van der Waals surface area contributed by atoms with Crippen LogP contribution in [0.3, 0.4) is 0 Å². The molecule has 2 aliphatic rings. The van der Waals surface area contributed by atoms with Gasteiger partial charge in [-0.1, -0.05) is 6.08 Å². The zero-order valence-corrected chi connectivity index (χ0v) is 23.1. The number of hydrogen-bond donors (Lipinski definition) is 1. The summed E-state index contributed by atoms with van der Waals surface area (Å²) < 4.78 is 23.0. The van der Waals surface area contributed by atoms with Gasteiger partial charge in [0.2, 0.25) is 5.91 Å². The molecule has 214 valence electrons. The predicted molar refractivity (Wildman–Crippen MR) is 155 cm³/mol. The van der Waals surface area contributed by atoms with Crippen molar-refractivity contribution in [3.63, 3.8) is 0 Å². The first kappa shape index (κ1) is 26.1. The fourth-order valence-corrected chi connectivity index (χ4v) is 5.58. The monoisotopic (exact) mass is 567 g/mol. The predicted octanol–water partition coefficient (Wildman–Crippen LogP) is 4.14. The lowest BCUT2D eigenvalue weighted by Gasteiger charge is -2.38. The van der Waals surface area contributed by atoms with Crippen molar-refractivity contribution in [2.45, 2.75) is 25.4 Å². The van der Waals surface area contributed by atoms with Gasteiger partial charge in [-0.3, -0.25) is 9.69 Å². The molecule has 2 aliphatic heterocycles. The summed E-state index contributed by atoms with van der Waals surface area (Å²) in [6.45, 7) is 5.03. The molecule has 1 atom stereocenters. The quantitative estimate of drug-likeness (QED) is 0.279. The number of nitrogens with zero attached hydrogens (tertiary/aromatic N) is 8. The number of rotatable bonds is 8. The van der Waals surface area contributed by atoms with Crippen molar-refractivity contribution in [2.75, 3.05) is 38.0 Å². The van der Waals surface area contributed by atoms with Gasteiger partial charge < -0.3 is 15.0 Å². The Kier molecular flexibility index (Phi) is 6.74. The summed E-state index contributed by atoms with van der Waals surface area (Å²) in [6, 6.07) is 11.6. The molecule has 0 bridgehead atoms. The third-order valence-corrected chi connectivity index (χ3v) is 7.87. The first-order valence-electron chi connectivity index (χ1n) is 14.0. The van der Waals surface area contributed by atoms with Gasteiger partial charge in [-0.15, -0.1) is 0 Å². The second-order valence-electron chi connectivity index (χ2n) is 10.8. The molecule has 1 aromatic carbocycles. The Balaban J connectivity index is 1.02. The topological polar surface area (TPSA) is 105 Å². The average Bonchev–Trinajstić information content (AvgIpc) is 3.70. The third-order valence-electron chi connectivity index (χ3n) is 7.87. The second-order valence-corrected chi connectivity index (χ2v) is 10.8. The van der Waals surface area contributed by atoms with Crippen LogP contribution in [-0.4, -0.2) is 83.8 Å². The van der Waals surface area contributed by atoms with Gasteiger partial charge in [0.25, 0.3) is 0 Å². The molecule has 12 heteroatoms. The summed E-state index contributed by atoms with van der Waals surface area (Å²) in [4.78, 5) is 25.3. The maximum atomic E-state index is 13.4. The zero-order chi connectivity index (χ0) is 28.6. The molecule has 1 unspecified atom stereocenters. The van der Waals surface area contributed by atoms with E-state index in [0.717, 1.165) is 34.6 Å². The molecule has 1 amide bonds. The fraction of sp³-hybridized carbons (Fsp3) is 0.300. The maximum Gasteiger partial charge on any atom is 0.246 e. The average molecular weight is 568 g/mol. The van der Waals surface area contributed by atoms with Crippen LogP contribution in [0.25, 0.3) is 11.2 Å². The van der Waals surface area contributed by atoms with Gasteiger partial charge in [0, 0.05) is 68.9 Å². The smallest absolute Gasteiger partial charge is 0.246 e. The van der Waals surface area contributed by atoms with Gasteiger partial charge in [-0.05, 0) is 54.8 Å². The Morgan fingerprint density at radius 3 is 2.74 bits per heavy atom. The molecule has 0 saturated carbocycles. The van der Waals surface area contributed by atoms with E-state index in [9.17, 15) is 9.18 Å². The molecule has 2 saturated heterocycles. The molecular formula is C30H30FN9O2. The highest BCUT2D eigenvalue weighted by atomic mass is 19.1. The molecule has 42 heavy (non-hydrogen) atoms. The number of alkyl halides is 1. The van der Waals surface area contributed by atoms with E-state index in [1.165, 1.54) is 12.7 Å². The Morgan fingerprint density at radius 2 is 1.90 bits per heavy atom. The van der Waals surface area contributed by atoms with Crippen molar-refractivity contribution in [3.8, 4) is 11.5 Å². The largest absolute Gasteiger partial charge is 0.457 e. The number of benzene rings is 1. The van der Waals surface area contributed by atoms with Gasteiger partial charge in [0.05, 0.1) is 0 Å². The molecule has 0 spiro atoms. The number of nitrogens with one attached hydrogen (secondary N) is 1. The lowest BCUT2D eigenvalue weighted by atomic mass is 9.92. The minimum absolute atomic E-state index is 0.0143. The SMILES string of the molecule is Cc1cc(Nc2ncnn3ccc(C4CN(C(=O)/C=C/CN5CCC(F)C5)C4)c23)ccc1Oc1ccn2ncnc2c1. The molecule has 2 fully saturated rings.